The minimum absolute atomic E-state index is 0.129. The maximum absolute atomic E-state index is 5.95. The molecule has 0 aliphatic heterocycles. The van der Waals surface area contributed by atoms with Crippen LogP contribution < -0.4 is 9.47 Å². The van der Waals surface area contributed by atoms with Crippen LogP contribution in [0.5, 0.6) is 11.5 Å². The Hall–Kier alpha value is -2.08. The molecule has 0 N–H and O–H groups in total. The molecule has 1 aromatic heterocycles. The molecule has 1 unspecified atom stereocenters. The highest BCUT2D eigenvalue weighted by Crippen LogP contribution is 2.25. The summed E-state index contributed by atoms with van der Waals surface area (Å²) in [4.78, 5) is 3.98. The normalized spacial score (nSPS) is 12.5. The summed E-state index contributed by atoms with van der Waals surface area (Å²) in [5, 5.41) is 0.364. The summed E-state index contributed by atoms with van der Waals surface area (Å²) < 4.78 is 18.9. The van der Waals surface area contributed by atoms with Crippen LogP contribution in [0.4, 0.5) is 0 Å². The highest BCUT2D eigenvalue weighted by Gasteiger charge is 2.28. The third-order valence-electron chi connectivity index (χ3n) is 3.46. The van der Waals surface area contributed by atoms with E-state index in [0.717, 1.165) is 11.5 Å². The van der Waals surface area contributed by atoms with E-state index in [1.807, 2.05) is 31.2 Å². The summed E-state index contributed by atoms with van der Waals surface area (Å²) in [7, 11) is 0. The molecule has 1 atom stereocenters. The maximum atomic E-state index is 5.95. The lowest BCUT2D eigenvalue weighted by molar-refractivity contribution is 0.0321. The molecule has 1 aromatic carbocycles. The fourth-order valence-electron chi connectivity index (χ4n) is 1.98. The quantitative estimate of drug-likeness (QED) is 0.740. The number of hydrogen-bond acceptors (Lipinski definition) is 5. The Balaban J connectivity index is 1.97. The summed E-state index contributed by atoms with van der Waals surface area (Å²) in [6.07, 6.45) is 4.85. The van der Waals surface area contributed by atoms with Crippen molar-refractivity contribution in [3.63, 3.8) is 0 Å². The number of benzene rings is 1. The topological polar surface area (TPSA) is 45.5 Å². The molecule has 0 aliphatic rings. The first kappa shape index (κ1) is 18.3. The van der Waals surface area contributed by atoms with Crippen LogP contribution in [0, 0.1) is 5.41 Å². The monoisotopic (exact) mass is 348 g/mol. The lowest BCUT2D eigenvalue weighted by Crippen LogP contribution is -2.37. The highest BCUT2D eigenvalue weighted by molar-refractivity contribution is 7.80. The summed E-state index contributed by atoms with van der Waals surface area (Å²) in [5.74, 6) is 1.60. The van der Waals surface area contributed by atoms with Gasteiger partial charge < -0.3 is 14.2 Å². The van der Waals surface area contributed by atoms with Gasteiger partial charge in [0, 0.05) is 17.8 Å². The molecule has 0 radical (unpaired) electrons. The van der Waals surface area contributed by atoms with Gasteiger partial charge in [0.15, 0.2) is 0 Å². The lowest BCUT2D eigenvalue weighted by Gasteiger charge is -2.31. The average Bonchev–Trinajstić information content (AvgIpc) is 3.06. The maximum Gasteiger partial charge on any atom is 0.269 e. The minimum atomic E-state index is -0.195. The van der Waals surface area contributed by atoms with Crippen molar-refractivity contribution in [1.82, 2.24) is 9.55 Å². The highest BCUT2D eigenvalue weighted by atomic mass is 32.1. The smallest absolute Gasteiger partial charge is 0.269 e. The van der Waals surface area contributed by atoms with E-state index in [-0.39, 0.29) is 11.5 Å². The molecule has 5 nitrogen and oxygen atoms in total. The molecule has 0 saturated heterocycles. The Morgan fingerprint density at radius 2 is 1.79 bits per heavy atom. The largest absolute Gasteiger partial charge is 0.494 e. The van der Waals surface area contributed by atoms with Gasteiger partial charge in [-0.3, -0.25) is 4.57 Å². The van der Waals surface area contributed by atoms with E-state index >= 15 is 0 Å². The molecular formula is C18H24N2O3S. The number of nitrogens with zero attached hydrogens (tertiary/aromatic N) is 2. The predicted octanol–water partition coefficient (Wildman–Crippen LogP) is 3.93. The zero-order valence-corrected chi connectivity index (χ0v) is 15.4. The number of aromatic nitrogens is 2. The lowest BCUT2D eigenvalue weighted by atomic mass is 9.89. The van der Waals surface area contributed by atoms with Gasteiger partial charge in [-0.25, -0.2) is 4.98 Å². The van der Waals surface area contributed by atoms with Crippen molar-refractivity contribution in [2.75, 3.05) is 13.2 Å². The number of hydrogen-bond donors (Lipinski definition) is 0. The van der Waals surface area contributed by atoms with Crippen LogP contribution >= 0.6 is 12.2 Å². The molecule has 0 fully saturated rings. The molecule has 24 heavy (non-hydrogen) atoms. The zero-order chi connectivity index (χ0) is 17.6. The zero-order valence-electron chi connectivity index (χ0n) is 14.6. The van der Waals surface area contributed by atoms with Crippen LogP contribution in [0.25, 0.3) is 0 Å². The predicted molar refractivity (Wildman–Crippen MR) is 97.7 cm³/mol. The van der Waals surface area contributed by atoms with Crippen molar-refractivity contribution < 1.29 is 14.2 Å². The van der Waals surface area contributed by atoms with Gasteiger partial charge in [0.2, 0.25) is 0 Å². The molecule has 0 bridgehead atoms. The number of ether oxygens (including phenoxy) is 3. The fraction of sp³-hybridized carbons (Fsp3) is 0.444. The van der Waals surface area contributed by atoms with Crippen molar-refractivity contribution in [3.8, 4) is 11.5 Å². The summed E-state index contributed by atoms with van der Waals surface area (Å²) >= 11 is 5.33. The standard InChI is InChI=1S/C18H24N2O3S/c1-5-21-14-6-8-15(9-7-14)22-12-16(18(2,3)4)23-17(24)20-11-10-19-13-20/h6-11,13,16H,5,12H2,1-4H3. The van der Waals surface area contributed by atoms with Crippen molar-refractivity contribution in [2.24, 2.45) is 5.41 Å². The van der Waals surface area contributed by atoms with Crippen molar-refractivity contribution in [1.29, 1.82) is 0 Å². The van der Waals surface area contributed by atoms with E-state index in [0.29, 0.717) is 18.4 Å². The third kappa shape index (κ3) is 5.23. The SMILES string of the molecule is CCOc1ccc(OCC(OC(=S)n2ccnc2)C(C)(C)C)cc1. The number of rotatable bonds is 6. The van der Waals surface area contributed by atoms with E-state index in [4.69, 9.17) is 26.4 Å². The van der Waals surface area contributed by atoms with Crippen LogP contribution in [0.15, 0.2) is 43.0 Å². The second-order valence-corrected chi connectivity index (χ2v) is 6.77. The summed E-state index contributed by atoms with van der Waals surface area (Å²) in [6.45, 7) is 9.28. The first-order valence-corrected chi connectivity index (χ1v) is 8.35. The fourth-order valence-corrected chi connectivity index (χ4v) is 2.21. The van der Waals surface area contributed by atoms with Gasteiger partial charge in [0.1, 0.15) is 30.5 Å². The van der Waals surface area contributed by atoms with Gasteiger partial charge in [-0.15, -0.1) is 0 Å². The van der Waals surface area contributed by atoms with Crippen LogP contribution in [0.1, 0.15) is 27.7 Å². The second kappa shape index (κ2) is 8.15. The summed E-state index contributed by atoms with van der Waals surface area (Å²) in [6, 6.07) is 7.56. The molecule has 130 valence electrons. The van der Waals surface area contributed by atoms with Crippen LogP contribution in [0.3, 0.4) is 0 Å². The number of thiocarbonyl (C=S) groups is 1. The Labute approximate surface area is 148 Å². The van der Waals surface area contributed by atoms with Gasteiger partial charge in [-0.1, -0.05) is 20.8 Å². The van der Waals surface area contributed by atoms with E-state index in [9.17, 15) is 0 Å². The van der Waals surface area contributed by atoms with E-state index in [2.05, 4.69) is 25.8 Å². The number of imidazole rings is 1. The van der Waals surface area contributed by atoms with Crippen LogP contribution in [-0.2, 0) is 4.74 Å². The molecule has 0 amide bonds. The van der Waals surface area contributed by atoms with Gasteiger partial charge in [0.05, 0.1) is 6.61 Å². The minimum Gasteiger partial charge on any atom is -0.494 e. The van der Waals surface area contributed by atoms with E-state index in [1.54, 1.807) is 23.3 Å². The van der Waals surface area contributed by atoms with Crippen LogP contribution in [-0.4, -0.2) is 34.0 Å². The first-order chi connectivity index (χ1) is 11.4. The first-order valence-electron chi connectivity index (χ1n) is 7.94. The van der Waals surface area contributed by atoms with Gasteiger partial charge in [-0.2, -0.15) is 0 Å². The Bertz CT molecular complexity index is 633. The van der Waals surface area contributed by atoms with E-state index in [1.165, 1.54) is 0 Å². The molecule has 0 spiro atoms. The third-order valence-corrected chi connectivity index (χ3v) is 3.77. The Kier molecular flexibility index (Phi) is 6.20. The molecule has 2 rings (SSSR count). The van der Waals surface area contributed by atoms with Crippen molar-refractivity contribution in [2.45, 2.75) is 33.8 Å². The van der Waals surface area contributed by atoms with Gasteiger partial charge in [0.25, 0.3) is 5.17 Å². The molecule has 2 aromatic rings. The van der Waals surface area contributed by atoms with Gasteiger partial charge in [-0.05, 0) is 43.4 Å². The molecule has 1 heterocycles. The Morgan fingerprint density at radius 1 is 1.17 bits per heavy atom. The molecule has 6 heteroatoms. The van der Waals surface area contributed by atoms with Crippen molar-refractivity contribution >= 4 is 17.4 Å². The van der Waals surface area contributed by atoms with Crippen LogP contribution in [0.2, 0.25) is 0 Å². The molecular weight excluding hydrogens is 324 g/mol. The molecule has 0 aliphatic carbocycles. The summed E-state index contributed by atoms with van der Waals surface area (Å²) in [5.41, 5.74) is -0.129. The average molecular weight is 348 g/mol. The molecule has 0 saturated carbocycles. The van der Waals surface area contributed by atoms with Crippen molar-refractivity contribution in [3.05, 3.63) is 43.0 Å². The van der Waals surface area contributed by atoms with Gasteiger partial charge >= 0.3 is 0 Å². The van der Waals surface area contributed by atoms with E-state index < -0.39 is 0 Å². The Morgan fingerprint density at radius 3 is 2.29 bits per heavy atom. The second-order valence-electron chi connectivity index (χ2n) is 6.42.